The Kier molecular flexibility index (Phi) is 6.33. The van der Waals surface area contributed by atoms with Crippen LogP contribution in [0.4, 0.5) is 15.9 Å². The minimum atomic E-state index is -0.591. The van der Waals surface area contributed by atoms with Gasteiger partial charge in [0.2, 0.25) is 11.9 Å². The van der Waals surface area contributed by atoms with Crippen LogP contribution in [-0.4, -0.2) is 51.5 Å². The maximum absolute atomic E-state index is 14.4. The lowest BCUT2D eigenvalue weighted by molar-refractivity contribution is -0.114. The molecule has 0 aliphatic carbocycles. The molecule has 1 aromatic carbocycles. The summed E-state index contributed by atoms with van der Waals surface area (Å²) < 4.78 is 16.5. The average Bonchev–Trinajstić information content (AvgIpc) is 2.74. The third-order valence-corrected chi connectivity index (χ3v) is 6.06. The van der Waals surface area contributed by atoms with Crippen molar-refractivity contribution in [3.05, 3.63) is 57.0 Å². The van der Waals surface area contributed by atoms with Gasteiger partial charge in [0.15, 0.2) is 0 Å². The van der Waals surface area contributed by atoms with Crippen LogP contribution in [0.25, 0.3) is 10.9 Å². The van der Waals surface area contributed by atoms with E-state index in [1.165, 1.54) is 6.92 Å². The zero-order valence-electron chi connectivity index (χ0n) is 18.0. The molecule has 3 heterocycles. The van der Waals surface area contributed by atoms with E-state index in [9.17, 15) is 14.0 Å². The molecule has 3 aromatic rings. The van der Waals surface area contributed by atoms with E-state index in [1.807, 2.05) is 30.0 Å². The van der Waals surface area contributed by atoms with Crippen molar-refractivity contribution in [3.8, 4) is 0 Å². The van der Waals surface area contributed by atoms with Gasteiger partial charge < -0.3 is 15.2 Å². The number of aromatic amines is 1. The molecule has 1 amide bonds. The van der Waals surface area contributed by atoms with Crippen LogP contribution in [0.5, 0.6) is 0 Å². The number of hydrogen-bond donors (Lipinski definition) is 2. The van der Waals surface area contributed by atoms with Crippen LogP contribution in [0.3, 0.4) is 0 Å². The second-order valence-corrected chi connectivity index (χ2v) is 8.20. The highest BCUT2D eigenvalue weighted by atomic mass is 32.1. The van der Waals surface area contributed by atoms with Gasteiger partial charge in [-0.15, -0.1) is 0 Å². The highest BCUT2D eigenvalue weighted by Crippen LogP contribution is 2.22. The molecule has 2 aromatic heterocycles. The van der Waals surface area contributed by atoms with Gasteiger partial charge in [-0.25, -0.2) is 9.78 Å². The fourth-order valence-corrected chi connectivity index (χ4v) is 4.40. The first kappa shape index (κ1) is 22.1. The van der Waals surface area contributed by atoms with Gasteiger partial charge in [-0.2, -0.15) is 4.39 Å². The number of pyridine rings is 1. The molecule has 0 spiro atoms. The summed E-state index contributed by atoms with van der Waals surface area (Å²) in [4.78, 5) is 34.3. The molecule has 2 N–H and O–H groups in total. The fourth-order valence-electron chi connectivity index (χ4n) is 4.01. The number of H-pyrrole nitrogens is 1. The number of piperazine rings is 1. The number of nitrogens with one attached hydrogen (secondary N) is 2. The third kappa shape index (κ3) is 4.56. The first-order chi connectivity index (χ1) is 15.4. The standard InChI is InChI=1S/C22H25FN6O2S/c1-3-29-21(32)16-5-4-15(12-17(16)25-22(29)31)13-27-8-10-28(11-9-27)18-6-7-19(24-14(2)30)26-20(18)23/h4-7,12H,3,8-11,13H2,1-2H3,(H,25,31)(H,24,26,30). The maximum atomic E-state index is 14.4. The van der Waals surface area contributed by atoms with Gasteiger partial charge in [-0.3, -0.25) is 14.3 Å². The van der Waals surface area contributed by atoms with Gasteiger partial charge in [-0.05, 0) is 36.8 Å². The van der Waals surface area contributed by atoms with Crippen LogP contribution in [0.2, 0.25) is 0 Å². The van der Waals surface area contributed by atoms with E-state index in [2.05, 4.69) is 20.2 Å². The SMILES string of the molecule is CCn1c(=O)[nH]c2cc(CN3CCN(c4ccc(NC(C)=O)nc4F)CC3)ccc2c1=S. The van der Waals surface area contributed by atoms with Crippen molar-refractivity contribution >= 4 is 40.5 Å². The summed E-state index contributed by atoms with van der Waals surface area (Å²) in [5, 5.41) is 3.35. The molecule has 0 radical (unpaired) electrons. The van der Waals surface area contributed by atoms with Crippen LogP contribution >= 0.6 is 12.2 Å². The molecule has 10 heteroatoms. The van der Waals surface area contributed by atoms with Crippen molar-refractivity contribution in [2.75, 3.05) is 36.4 Å². The number of amides is 1. The van der Waals surface area contributed by atoms with Gasteiger partial charge in [-0.1, -0.05) is 18.3 Å². The second-order valence-electron chi connectivity index (χ2n) is 7.81. The number of aromatic nitrogens is 3. The molecular formula is C22H25FN6O2S. The van der Waals surface area contributed by atoms with Gasteiger partial charge in [0.1, 0.15) is 10.5 Å². The van der Waals surface area contributed by atoms with Crippen LogP contribution in [-0.2, 0) is 17.9 Å². The number of anilines is 2. The van der Waals surface area contributed by atoms with Crippen LogP contribution in [0.15, 0.2) is 35.1 Å². The van der Waals surface area contributed by atoms with E-state index < -0.39 is 5.95 Å². The summed E-state index contributed by atoms with van der Waals surface area (Å²) in [6.45, 7) is 7.36. The molecule has 0 atom stereocenters. The Morgan fingerprint density at radius 2 is 1.97 bits per heavy atom. The largest absolute Gasteiger partial charge is 0.365 e. The summed E-state index contributed by atoms with van der Waals surface area (Å²) >= 11 is 5.45. The number of nitrogens with zero attached hydrogens (tertiary/aromatic N) is 4. The minimum absolute atomic E-state index is 0.198. The van der Waals surface area contributed by atoms with E-state index in [4.69, 9.17) is 12.2 Å². The van der Waals surface area contributed by atoms with Gasteiger partial charge >= 0.3 is 5.69 Å². The van der Waals surface area contributed by atoms with Crippen molar-refractivity contribution < 1.29 is 9.18 Å². The molecule has 4 rings (SSSR count). The van der Waals surface area contributed by atoms with Crippen molar-refractivity contribution in [1.29, 1.82) is 0 Å². The van der Waals surface area contributed by atoms with Gasteiger partial charge in [0, 0.05) is 51.6 Å². The van der Waals surface area contributed by atoms with Crippen LogP contribution < -0.4 is 15.9 Å². The Labute approximate surface area is 189 Å². The molecule has 8 nitrogen and oxygen atoms in total. The topological polar surface area (TPSA) is 86.3 Å². The Morgan fingerprint density at radius 3 is 2.62 bits per heavy atom. The first-order valence-electron chi connectivity index (χ1n) is 10.5. The monoisotopic (exact) mass is 456 g/mol. The second kappa shape index (κ2) is 9.17. The molecule has 1 fully saturated rings. The normalized spacial score (nSPS) is 14.7. The molecule has 168 valence electrons. The Hall–Kier alpha value is -3.11. The predicted octanol–water partition coefficient (Wildman–Crippen LogP) is 2.89. The van der Waals surface area contributed by atoms with E-state index in [-0.39, 0.29) is 17.4 Å². The fraction of sp³-hybridized carbons (Fsp3) is 0.364. The number of carbonyl (C=O) groups excluding carboxylic acids is 1. The summed E-state index contributed by atoms with van der Waals surface area (Å²) in [5.74, 6) is -0.671. The molecule has 1 aliphatic heterocycles. The Bertz CT molecular complexity index is 1280. The summed E-state index contributed by atoms with van der Waals surface area (Å²) in [7, 11) is 0. The van der Waals surface area contributed by atoms with Crippen LogP contribution in [0, 0.1) is 10.6 Å². The van der Waals surface area contributed by atoms with Crippen molar-refractivity contribution in [2.45, 2.75) is 26.9 Å². The maximum Gasteiger partial charge on any atom is 0.326 e. The quantitative estimate of drug-likeness (QED) is 0.454. The van der Waals surface area contributed by atoms with Crippen molar-refractivity contribution in [1.82, 2.24) is 19.4 Å². The van der Waals surface area contributed by atoms with E-state index in [0.717, 1.165) is 36.1 Å². The summed E-state index contributed by atoms with van der Waals surface area (Å²) in [6.07, 6.45) is 0. The van der Waals surface area contributed by atoms with Crippen molar-refractivity contribution in [2.24, 2.45) is 0 Å². The molecular weight excluding hydrogens is 431 g/mol. The van der Waals surface area contributed by atoms with E-state index >= 15 is 0 Å². The first-order valence-corrected chi connectivity index (χ1v) is 10.9. The molecule has 32 heavy (non-hydrogen) atoms. The number of rotatable bonds is 5. The smallest absolute Gasteiger partial charge is 0.326 e. The van der Waals surface area contributed by atoms with E-state index in [1.54, 1.807) is 16.7 Å². The van der Waals surface area contributed by atoms with E-state index in [0.29, 0.717) is 30.0 Å². The molecule has 1 saturated heterocycles. The molecule has 0 saturated carbocycles. The van der Waals surface area contributed by atoms with Gasteiger partial charge in [0.05, 0.1) is 11.2 Å². The predicted molar refractivity (Wildman–Crippen MR) is 125 cm³/mol. The number of benzene rings is 1. The average molecular weight is 457 g/mol. The zero-order chi connectivity index (χ0) is 22.8. The summed E-state index contributed by atoms with van der Waals surface area (Å²) in [5.41, 5.74) is 2.06. The molecule has 0 unspecified atom stereocenters. The third-order valence-electron chi connectivity index (χ3n) is 5.61. The lowest BCUT2D eigenvalue weighted by Crippen LogP contribution is -2.46. The Morgan fingerprint density at radius 1 is 1.22 bits per heavy atom. The Balaban J connectivity index is 1.43. The minimum Gasteiger partial charge on any atom is -0.365 e. The highest BCUT2D eigenvalue weighted by Gasteiger charge is 2.21. The summed E-state index contributed by atoms with van der Waals surface area (Å²) in [6, 6.07) is 9.23. The van der Waals surface area contributed by atoms with Crippen molar-refractivity contribution in [3.63, 3.8) is 0 Å². The number of carbonyl (C=O) groups is 1. The van der Waals surface area contributed by atoms with Gasteiger partial charge in [0.25, 0.3) is 0 Å². The molecule has 0 bridgehead atoms. The number of fused-ring (bicyclic) bond motifs is 1. The number of halogens is 1. The van der Waals surface area contributed by atoms with Crippen LogP contribution in [0.1, 0.15) is 19.4 Å². The zero-order valence-corrected chi connectivity index (χ0v) is 18.8. The highest BCUT2D eigenvalue weighted by molar-refractivity contribution is 7.71. The lowest BCUT2D eigenvalue weighted by atomic mass is 10.1. The number of hydrogen-bond acceptors (Lipinski definition) is 6. The molecule has 1 aliphatic rings. The lowest BCUT2D eigenvalue weighted by Gasteiger charge is -2.36.